The van der Waals surface area contributed by atoms with Crippen LogP contribution in [-0.2, 0) is 0 Å². The van der Waals surface area contributed by atoms with Gasteiger partial charge in [0.1, 0.15) is 5.75 Å². The summed E-state index contributed by atoms with van der Waals surface area (Å²) >= 11 is 6.64. The Labute approximate surface area is 148 Å². The maximum absolute atomic E-state index is 12.0. The molecule has 0 aromatic heterocycles. The zero-order valence-electron chi connectivity index (χ0n) is 11.5. The summed E-state index contributed by atoms with van der Waals surface area (Å²) in [6.07, 6.45) is 1.47. The minimum absolute atomic E-state index is 0.120. The van der Waals surface area contributed by atoms with E-state index >= 15 is 0 Å². The summed E-state index contributed by atoms with van der Waals surface area (Å²) in [5, 5.41) is 13.6. The van der Waals surface area contributed by atoms with Gasteiger partial charge in [0, 0.05) is 14.5 Å². The second kappa shape index (κ2) is 6.59. The Morgan fingerprint density at radius 3 is 2.74 bits per heavy atom. The van der Waals surface area contributed by atoms with Crippen LogP contribution >= 0.6 is 31.9 Å². The molecule has 2 N–H and O–H groups in total. The lowest BCUT2D eigenvalue weighted by Gasteiger charge is -2.04. The number of rotatable bonds is 3. The van der Waals surface area contributed by atoms with E-state index in [2.05, 4.69) is 42.4 Å². The number of phenolic OH excluding ortho intramolecular Hbond substituents is 1. The average Bonchev–Trinajstić information content (AvgIpc) is 2.96. The number of fused-ring (bicyclic) bond motifs is 1. The van der Waals surface area contributed by atoms with Crippen molar-refractivity contribution in [2.45, 2.75) is 0 Å². The van der Waals surface area contributed by atoms with Crippen molar-refractivity contribution in [3.8, 4) is 17.2 Å². The Kier molecular flexibility index (Phi) is 4.53. The number of amides is 1. The minimum atomic E-state index is -0.517. The van der Waals surface area contributed by atoms with Crippen molar-refractivity contribution in [3.63, 3.8) is 0 Å². The normalized spacial score (nSPS) is 12.6. The van der Waals surface area contributed by atoms with Crippen LogP contribution in [-0.4, -0.2) is 24.0 Å². The van der Waals surface area contributed by atoms with E-state index in [-0.39, 0.29) is 18.1 Å². The van der Waals surface area contributed by atoms with Crippen molar-refractivity contribution in [1.29, 1.82) is 0 Å². The number of carbonyl (C=O) groups is 1. The standard InChI is InChI=1S/C15H10Br2N2O4/c16-9-1-2-12(20)10(4-9)15(21)19-18-6-8-3-13-14(5-11(8)17)23-7-22-13/h1-6,20H,7H2,(H,19,21)/b18-6-. The number of aromatic hydroxyl groups is 1. The zero-order valence-corrected chi connectivity index (χ0v) is 14.7. The van der Waals surface area contributed by atoms with E-state index in [0.29, 0.717) is 21.5 Å². The number of benzene rings is 2. The van der Waals surface area contributed by atoms with Crippen molar-refractivity contribution in [2.75, 3.05) is 6.79 Å². The van der Waals surface area contributed by atoms with E-state index in [0.717, 1.165) is 4.47 Å². The molecule has 0 atom stereocenters. The predicted molar refractivity (Wildman–Crippen MR) is 91.1 cm³/mol. The molecule has 0 spiro atoms. The van der Waals surface area contributed by atoms with E-state index < -0.39 is 5.91 Å². The lowest BCUT2D eigenvalue weighted by Crippen LogP contribution is -2.17. The fourth-order valence-electron chi connectivity index (χ4n) is 1.94. The monoisotopic (exact) mass is 440 g/mol. The molecule has 23 heavy (non-hydrogen) atoms. The molecule has 0 bridgehead atoms. The van der Waals surface area contributed by atoms with Crippen molar-refractivity contribution in [2.24, 2.45) is 5.10 Å². The van der Waals surface area contributed by atoms with Crippen molar-refractivity contribution >= 4 is 44.0 Å². The molecule has 2 aromatic rings. The quantitative estimate of drug-likeness (QED) is 0.565. The van der Waals surface area contributed by atoms with Crippen LogP contribution in [0.15, 0.2) is 44.4 Å². The van der Waals surface area contributed by atoms with Crippen molar-refractivity contribution in [3.05, 3.63) is 50.4 Å². The summed E-state index contributed by atoms with van der Waals surface area (Å²) in [4.78, 5) is 12.0. The highest BCUT2D eigenvalue weighted by molar-refractivity contribution is 9.10. The third-order valence-corrected chi connectivity index (χ3v) is 4.24. The number of carbonyl (C=O) groups excluding carboxylic acids is 1. The minimum Gasteiger partial charge on any atom is -0.507 e. The molecule has 0 fully saturated rings. The van der Waals surface area contributed by atoms with Gasteiger partial charge in [-0.05, 0) is 46.3 Å². The first-order valence-electron chi connectivity index (χ1n) is 6.45. The molecule has 0 aliphatic carbocycles. The number of halogens is 2. The van der Waals surface area contributed by atoms with Gasteiger partial charge < -0.3 is 14.6 Å². The molecule has 0 radical (unpaired) electrons. The molecule has 0 unspecified atom stereocenters. The number of nitrogens with zero attached hydrogens (tertiary/aromatic N) is 1. The summed E-state index contributed by atoms with van der Waals surface area (Å²) in [5.74, 6) is 0.629. The highest BCUT2D eigenvalue weighted by Crippen LogP contribution is 2.36. The van der Waals surface area contributed by atoms with Crippen LogP contribution in [0.4, 0.5) is 0 Å². The summed E-state index contributed by atoms with van der Waals surface area (Å²) in [6.45, 7) is 0.182. The highest BCUT2D eigenvalue weighted by atomic mass is 79.9. The molecule has 1 aliphatic rings. The van der Waals surface area contributed by atoms with E-state index in [1.165, 1.54) is 18.3 Å². The van der Waals surface area contributed by atoms with Crippen LogP contribution in [0.25, 0.3) is 0 Å². The van der Waals surface area contributed by atoms with Gasteiger partial charge in [0.2, 0.25) is 6.79 Å². The Morgan fingerprint density at radius 2 is 1.96 bits per heavy atom. The first-order chi connectivity index (χ1) is 11.0. The smallest absolute Gasteiger partial charge is 0.275 e. The molecule has 1 aliphatic heterocycles. The topological polar surface area (TPSA) is 80.2 Å². The van der Waals surface area contributed by atoms with Gasteiger partial charge in [-0.25, -0.2) is 5.43 Å². The van der Waals surface area contributed by atoms with Crippen molar-refractivity contribution in [1.82, 2.24) is 5.43 Å². The molecule has 2 aromatic carbocycles. The number of ether oxygens (including phenoxy) is 2. The van der Waals surface area contributed by atoms with Crippen LogP contribution in [0.1, 0.15) is 15.9 Å². The van der Waals surface area contributed by atoms with E-state index in [4.69, 9.17) is 9.47 Å². The van der Waals surface area contributed by atoms with Gasteiger partial charge in [-0.2, -0.15) is 5.10 Å². The zero-order chi connectivity index (χ0) is 16.4. The second-order valence-electron chi connectivity index (χ2n) is 4.59. The third kappa shape index (κ3) is 3.48. The average molecular weight is 442 g/mol. The Morgan fingerprint density at radius 1 is 1.22 bits per heavy atom. The van der Waals surface area contributed by atoms with Crippen LogP contribution in [0.2, 0.25) is 0 Å². The molecular weight excluding hydrogens is 432 g/mol. The molecule has 8 heteroatoms. The molecule has 0 saturated heterocycles. The number of phenols is 1. The van der Waals surface area contributed by atoms with Gasteiger partial charge in [0.15, 0.2) is 11.5 Å². The van der Waals surface area contributed by atoms with E-state index in [9.17, 15) is 9.90 Å². The van der Waals surface area contributed by atoms with Gasteiger partial charge in [-0.3, -0.25) is 4.79 Å². The molecule has 3 rings (SSSR count). The van der Waals surface area contributed by atoms with Crippen LogP contribution in [0, 0.1) is 0 Å². The molecular formula is C15H10Br2N2O4. The molecule has 118 valence electrons. The fourth-order valence-corrected chi connectivity index (χ4v) is 2.73. The summed E-state index contributed by atoms with van der Waals surface area (Å²) in [5.41, 5.74) is 3.21. The summed E-state index contributed by atoms with van der Waals surface area (Å²) in [7, 11) is 0. The first kappa shape index (κ1) is 15.8. The molecule has 1 heterocycles. The van der Waals surface area contributed by atoms with E-state index in [1.54, 1.807) is 18.2 Å². The Hall–Kier alpha value is -2.06. The Balaban J connectivity index is 1.74. The second-order valence-corrected chi connectivity index (χ2v) is 6.36. The summed E-state index contributed by atoms with van der Waals surface area (Å²) < 4.78 is 12.0. The fraction of sp³-hybridized carbons (Fsp3) is 0.0667. The van der Waals surface area contributed by atoms with Gasteiger partial charge in [0.25, 0.3) is 5.91 Å². The highest BCUT2D eigenvalue weighted by Gasteiger charge is 2.16. The van der Waals surface area contributed by atoms with Crippen LogP contribution in [0.5, 0.6) is 17.2 Å². The molecule has 6 nitrogen and oxygen atoms in total. The SMILES string of the molecule is O=C(N/N=C\c1cc2c(cc1Br)OCO2)c1cc(Br)ccc1O. The van der Waals surface area contributed by atoms with Crippen LogP contribution in [0.3, 0.4) is 0 Å². The van der Waals surface area contributed by atoms with Gasteiger partial charge >= 0.3 is 0 Å². The number of hydrazone groups is 1. The maximum atomic E-state index is 12.0. The van der Waals surface area contributed by atoms with Crippen molar-refractivity contribution < 1.29 is 19.4 Å². The van der Waals surface area contributed by atoms with Gasteiger partial charge in [-0.1, -0.05) is 15.9 Å². The predicted octanol–water partition coefficient (Wildman–Crippen LogP) is 3.41. The first-order valence-corrected chi connectivity index (χ1v) is 8.04. The van der Waals surface area contributed by atoms with Gasteiger partial charge in [0.05, 0.1) is 11.8 Å². The summed E-state index contributed by atoms with van der Waals surface area (Å²) in [6, 6.07) is 8.09. The third-order valence-electron chi connectivity index (χ3n) is 3.06. The van der Waals surface area contributed by atoms with Gasteiger partial charge in [-0.15, -0.1) is 0 Å². The lowest BCUT2D eigenvalue weighted by molar-refractivity contribution is 0.0952. The largest absolute Gasteiger partial charge is 0.507 e. The molecule has 0 saturated carbocycles. The van der Waals surface area contributed by atoms with E-state index in [1.807, 2.05) is 0 Å². The maximum Gasteiger partial charge on any atom is 0.275 e. The number of hydrogen-bond donors (Lipinski definition) is 2. The number of nitrogens with one attached hydrogen (secondary N) is 1. The number of hydrogen-bond acceptors (Lipinski definition) is 5. The Bertz CT molecular complexity index is 808. The van der Waals surface area contributed by atoms with Crippen LogP contribution < -0.4 is 14.9 Å². The molecule has 1 amide bonds. The lowest BCUT2D eigenvalue weighted by atomic mass is 10.2.